The number of nitrogens with two attached hydrogens (primary N) is 1. The summed E-state index contributed by atoms with van der Waals surface area (Å²) >= 11 is 6.20. The number of ether oxygens (including phenoxy) is 2. The third-order valence-corrected chi connectivity index (χ3v) is 4.59. The molecule has 2 aliphatic rings. The third-order valence-electron chi connectivity index (χ3n) is 4.31. The van der Waals surface area contributed by atoms with Crippen LogP contribution in [0.3, 0.4) is 0 Å². The molecule has 0 spiro atoms. The van der Waals surface area contributed by atoms with Crippen molar-refractivity contribution in [2.45, 2.75) is 44.2 Å². The molecule has 3 rings (SSSR count). The minimum Gasteiger partial charge on any atom is -0.486 e. The van der Waals surface area contributed by atoms with Crippen molar-refractivity contribution >= 4 is 29.9 Å². The molecule has 0 aromatic heterocycles. The summed E-state index contributed by atoms with van der Waals surface area (Å²) in [6.45, 7) is 1.39. The molecular weight excluding hydrogens is 339 g/mol. The molecule has 1 aromatic carbocycles. The number of carbonyl (C=O) groups is 1. The van der Waals surface area contributed by atoms with Gasteiger partial charge in [-0.05, 0) is 30.5 Å². The highest BCUT2D eigenvalue weighted by molar-refractivity contribution is 6.32. The number of carbonyl (C=O) groups excluding carboxylic acids is 1. The predicted octanol–water partition coefficient (Wildman–Crippen LogP) is 2.81. The van der Waals surface area contributed by atoms with Gasteiger partial charge < -0.3 is 20.5 Å². The summed E-state index contributed by atoms with van der Waals surface area (Å²) in [5.74, 6) is 1.12. The van der Waals surface area contributed by atoms with E-state index in [1.807, 2.05) is 6.07 Å². The maximum Gasteiger partial charge on any atom is 0.240 e. The van der Waals surface area contributed by atoms with E-state index in [-0.39, 0.29) is 18.3 Å². The molecule has 0 bridgehead atoms. The zero-order valence-electron chi connectivity index (χ0n) is 12.9. The van der Waals surface area contributed by atoms with E-state index in [4.69, 9.17) is 26.8 Å². The van der Waals surface area contributed by atoms with Gasteiger partial charge in [0, 0.05) is 6.54 Å². The van der Waals surface area contributed by atoms with E-state index in [1.165, 1.54) is 0 Å². The van der Waals surface area contributed by atoms with Crippen LogP contribution in [0.25, 0.3) is 0 Å². The van der Waals surface area contributed by atoms with E-state index in [9.17, 15) is 4.79 Å². The molecule has 23 heavy (non-hydrogen) atoms. The van der Waals surface area contributed by atoms with Gasteiger partial charge in [-0.15, -0.1) is 12.4 Å². The zero-order chi connectivity index (χ0) is 15.6. The van der Waals surface area contributed by atoms with E-state index in [1.54, 1.807) is 6.07 Å². The molecule has 128 valence electrons. The van der Waals surface area contributed by atoms with Crippen molar-refractivity contribution in [3.05, 3.63) is 22.7 Å². The summed E-state index contributed by atoms with van der Waals surface area (Å²) in [6, 6.07) is 3.64. The molecule has 7 heteroatoms. The first-order valence-electron chi connectivity index (χ1n) is 7.74. The molecule has 0 atom stereocenters. The van der Waals surface area contributed by atoms with Gasteiger partial charge in [0.2, 0.25) is 5.91 Å². The maximum absolute atomic E-state index is 12.3. The Morgan fingerprint density at radius 2 is 1.91 bits per heavy atom. The normalized spacial score (nSPS) is 18.7. The zero-order valence-corrected chi connectivity index (χ0v) is 14.5. The summed E-state index contributed by atoms with van der Waals surface area (Å²) in [4.78, 5) is 12.3. The van der Waals surface area contributed by atoms with Gasteiger partial charge in [0.15, 0.2) is 11.5 Å². The van der Waals surface area contributed by atoms with E-state index in [0.717, 1.165) is 37.7 Å². The number of benzene rings is 1. The van der Waals surface area contributed by atoms with Gasteiger partial charge >= 0.3 is 0 Å². The van der Waals surface area contributed by atoms with Crippen LogP contribution in [0.4, 0.5) is 0 Å². The van der Waals surface area contributed by atoms with Crippen LogP contribution >= 0.6 is 24.0 Å². The number of nitrogens with one attached hydrogen (secondary N) is 1. The Morgan fingerprint density at radius 3 is 2.65 bits per heavy atom. The average molecular weight is 361 g/mol. The maximum atomic E-state index is 12.3. The van der Waals surface area contributed by atoms with E-state index < -0.39 is 5.54 Å². The Hall–Kier alpha value is -1.17. The fourth-order valence-electron chi connectivity index (χ4n) is 3.03. The lowest BCUT2D eigenvalue weighted by Gasteiger charge is -2.31. The first-order chi connectivity index (χ1) is 10.6. The predicted molar refractivity (Wildman–Crippen MR) is 91.5 cm³/mol. The summed E-state index contributed by atoms with van der Waals surface area (Å²) in [7, 11) is 0. The van der Waals surface area contributed by atoms with Gasteiger partial charge in [-0.2, -0.15) is 0 Å². The van der Waals surface area contributed by atoms with Crippen LogP contribution in [0.15, 0.2) is 12.1 Å². The number of hydrogen-bond acceptors (Lipinski definition) is 4. The second-order valence-electron chi connectivity index (χ2n) is 6.00. The number of fused-ring (bicyclic) bond motifs is 1. The Kier molecular flexibility index (Phi) is 6.00. The third kappa shape index (κ3) is 4.03. The van der Waals surface area contributed by atoms with Crippen molar-refractivity contribution in [3.8, 4) is 11.5 Å². The summed E-state index contributed by atoms with van der Waals surface area (Å²) in [5, 5.41) is 3.43. The Bertz CT molecular complexity index is 575. The largest absolute Gasteiger partial charge is 0.486 e. The van der Waals surface area contributed by atoms with Crippen molar-refractivity contribution < 1.29 is 14.3 Å². The fourth-order valence-corrected chi connectivity index (χ4v) is 3.32. The highest BCUT2D eigenvalue weighted by Crippen LogP contribution is 2.38. The molecule has 1 amide bonds. The standard InChI is InChI=1S/C16H21ClN2O3.ClH/c17-12-8-11(9-13-14(12)22-7-6-21-13)10-19-15(20)16(18)4-2-1-3-5-16;/h8-9H,1-7,10,18H2,(H,19,20);1H. The average Bonchev–Trinajstić information content (AvgIpc) is 2.53. The molecule has 0 radical (unpaired) electrons. The molecular formula is C16H22Cl2N2O3. The van der Waals surface area contributed by atoms with Crippen LogP contribution in [0.5, 0.6) is 11.5 Å². The highest BCUT2D eigenvalue weighted by atomic mass is 35.5. The SMILES string of the molecule is Cl.NC1(C(=O)NCc2cc(Cl)c3c(c2)OCCO3)CCCCC1. The van der Waals surface area contributed by atoms with Gasteiger partial charge in [0.05, 0.1) is 10.6 Å². The molecule has 1 heterocycles. The van der Waals surface area contributed by atoms with E-state index in [2.05, 4.69) is 5.32 Å². The van der Waals surface area contributed by atoms with Crippen LogP contribution in [0.2, 0.25) is 5.02 Å². The smallest absolute Gasteiger partial charge is 0.240 e. The van der Waals surface area contributed by atoms with Crippen molar-refractivity contribution in [1.82, 2.24) is 5.32 Å². The highest BCUT2D eigenvalue weighted by Gasteiger charge is 2.35. The first kappa shape index (κ1) is 18.2. The Morgan fingerprint density at radius 1 is 1.22 bits per heavy atom. The molecule has 1 fully saturated rings. The van der Waals surface area contributed by atoms with Crippen molar-refractivity contribution in [3.63, 3.8) is 0 Å². The van der Waals surface area contributed by atoms with E-state index >= 15 is 0 Å². The number of halogens is 2. The molecule has 0 unspecified atom stereocenters. The quantitative estimate of drug-likeness (QED) is 0.868. The first-order valence-corrected chi connectivity index (χ1v) is 8.11. The van der Waals surface area contributed by atoms with Crippen molar-refractivity contribution in [2.75, 3.05) is 13.2 Å². The lowest BCUT2D eigenvalue weighted by Crippen LogP contribution is -2.54. The summed E-state index contributed by atoms with van der Waals surface area (Å²) in [6.07, 6.45) is 4.69. The molecule has 1 aliphatic heterocycles. The van der Waals surface area contributed by atoms with Gasteiger partial charge in [-0.1, -0.05) is 30.9 Å². The molecule has 3 N–H and O–H groups in total. The lowest BCUT2D eigenvalue weighted by atomic mass is 9.82. The molecule has 5 nitrogen and oxygen atoms in total. The minimum absolute atomic E-state index is 0. The van der Waals surface area contributed by atoms with Crippen LogP contribution in [-0.2, 0) is 11.3 Å². The summed E-state index contributed by atoms with van der Waals surface area (Å²) < 4.78 is 11.0. The second kappa shape index (κ2) is 7.60. The topological polar surface area (TPSA) is 73.6 Å². The van der Waals surface area contributed by atoms with Crippen molar-refractivity contribution in [2.24, 2.45) is 5.73 Å². The number of amides is 1. The molecule has 1 aliphatic carbocycles. The minimum atomic E-state index is -0.726. The molecule has 1 saturated carbocycles. The Labute approximate surface area is 147 Å². The molecule has 0 saturated heterocycles. The van der Waals surface area contributed by atoms with Crippen LogP contribution in [0, 0.1) is 0 Å². The fraction of sp³-hybridized carbons (Fsp3) is 0.562. The van der Waals surface area contributed by atoms with Gasteiger partial charge in [-0.3, -0.25) is 4.79 Å². The van der Waals surface area contributed by atoms with Crippen molar-refractivity contribution in [1.29, 1.82) is 0 Å². The second-order valence-corrected chi connectivity index (χ2v) is 6.41. The van der Waals surface area contributed by atoms with Crippen LogP contribution in [0.1, 0.15) is 37.7 Å². The number of hydrogen-bond donors (Lipinski definition) is 2. The monoisotopic (exact) mass is 360 g/mol. The van der Waals surface area contributed by atoms with E-state index in [0.29, 0.717) is 36.3 Å². The Balaban J connectivity index is 0.00000192. The lowest BCUT2D eigenvalue weighted by molar-refractivity contribution is -0.127. The summed E-state index contributed by atoms with van der Waals surface area (Å²) in [5.41, 5.74) is 6.38. The molecule has 1 aromatic rings. The van der Waals surface area contributed by atoms with Gasteiger partial charge in [-0.25, -0.2) is 0 Å². The van der Waals surface area contributed by atoms with Gasteiger partial charge in [0.1, 0.15) is 13.2 Å². The van der Waals surface area contributed by atoms with Gasteiger partial charge in [0.25, 0.3) is 0 Å². The van der Waals surface area contributed by atoms with Crippen LogP contribution < -0.4 is 20.5 Å². The number of rotatable bonds is 3. The van der Waals surface area contributed by atoms with Crippen LogP contribution in [-0.4, -0.2) is 24.7 Å².